The highest BCUT2D eigenvalue weighted by Crippen LogP contribution is 2.35. The normalized spacial score (nSPS) is 15.3. The molecule has 0 spiro atoms. The fourth-order valence-electron chi connectivity index (χ4n) is 4.49. The molecule has 178 valence electrons. The molecule has 8 heteroatoms. The Morgan fingerprint density at radius 3 is 2.44 bits per heavy atom. The van der Waals surface area contributed by atoms with E-state index in [2.05, 4.69) is 23.8 Å². The molecule has 1 aliphatic rings. The highest BCUT2D eigenvalue weighted by molar-refractivity contribution is 7.92. The summed E-state index contributed by atoms with van der Waals surface area (Å²) >= 11 is 1.64. The van der Waals surface area contributed by atoms with Crippen LogP contribution in [-0.2, 0) is 15.4 Å². The van der Waals surface area contributed by atoms with Gasteiger partial charge in [0, 0.05) is 22.9 Å². The lowest BCUT2D eigenvalue weighted by Gasteiger charge is -2.18. The molecule has 0 bridgehead atoms. The standard InChI is InChI=1S/C26H30N4O2S2/c1-17-9-14-21-22(15-17)33-25(27-21)18-10-12-19(13-11-18)29-34(31,32)23-16-30(20-7-5-6-8-20)28-24(23)26(2,3)4/h9-16,20,29H,5-8H2,1-4H3. The molecule has 6 nitrogen and oxygen atoms in total. The predicted octanol–water partition coefficient (Wildman–Crippen LogP) is 6.68. The SMILES string of the molecule is Cc1ccc2nc(-c3ccc(NS(=O)(=O)c4cn(C5CCCC5)nc4C(C)(C)C)cc3)sc2c1. The zero-order chi connectivity index (χ0) is 24.1. The van der Waals surface area contributed by atoms with E-state index in [9.17, 15) is 8.42 Å². The smallest absolute Gasteiger partial charge is 0.265 e. The topological polar surface area (TPSA) is 76.9 Å². The Labute approximate surface area is 205 Å². The molecule has 0 unspecified atom stereocenters. The summed E-state index contributed by atoms with van der Waals surface area (Å²) in [6, 6.07) is 13.9. The third-order valence-electron chi connectivity index (χ3n) is 6.33. The lowest BCUT2D eigenvalue weighted by molar-refractivity contribution is 0.448. The molecule has 0 saturated heterocycles. The number of nitrogens with zero attached hydrogens (tertiary/aromatic N) is 3. The molecule has 0 atom stereocenters. The Hall–Kier alpha value is -2.71. The van der Waals surface area contributed by atoms with Gasteiger partial charge in [-0.15, -0.1) is 11.3 Å². The van der Waals surface area contributed by atoms with Crippen molar-refractivity contribution in [3.63, 3.8) is 0 Å². The van der Waals surface area contributed by atoms with Crippen molar-refractivity contribution in [2.45, 2.75) is 69.7 Å². The number of sulfonamides is 1. The number of hydrogen-bond acceptors (Lipinski definition) is 5. The third-order valence-corrected chi connectivity index (χ3v) is 8.77. The zero-order valence-electron chi connectivity index (χ0n) is 20.0. The van der Waals surface area contributed by atoms with E-state index in [1.807, 2.05) is 43.7 Å². The van der Waals surface area contributed by atoms with Crippen molar-refractivity contribution in [1.82, 2.24) is 14.8 Å². The maximum atomic E-state index is 13.4. The lowest BCUT2D eigenvalue weighted by atomic mass is 9.92. The van der Waals surface area contributed by atoms with Gasteiger partial charge < -0.3 is 0 Å². The van der Waals surface area contributed by atoms with Gasteiger partial charge in [0.25, 0.3) is 10.0 Å². The van der Waals surface area contributed by atoms with Crippen molar-refractivity contribution in [1.29, 1.82) is 0 Å². The molecule has 0 radical (unpaired) electrons. The number of thiazole rings is 1. The number of rotatable bonds is 5. The van der Waals surface area contributed by atoms with Gasteiger partial charge in [-0.1, -0.05) is 39.7 Å². The molecule has 5 rings (SSSR count). The van der Waals surface area contributed by atoms with E-state index in [1.54, 1.807) is 29.7 Å². The Kier molecular flexibility index (Phi) is 5.76. The maximum absolute atomic E-state index is 13.4. The highest BCUT2D eigenvalue weighted by atomic mass is 32.2. The van der Waals surface area contributed by atoms with Crippen LogP contribution in [0.1, 0.15) is 63.8 Å². The summed E-state index contributed by atoms with van der Waals surface area (Å²) in [6.07, 6.45) is 6.14. The van der Waals surface area contributed by atoms with Crippen molar-refractivity contribution in [2.24, 2.45) is 0 Å². The van der Waals surface area contributed by atoms with E-state index in [1.165, 1.54) is 5.56 Å². The number of aryl methyl sites for hydroxylation is 1. The molecule has 1 saturated carbocycles. The Morgan fingerprint density at radius 1 is 1.06 bits per heavy atom. The van der Waals surface area contributed by atoms with Crippen molar-refractivity contribution < 1.29 is 8.42 Å². The quantitative estimate of drug-likeness (QED) is 0.336. The van der Waals surface area contributed by atoms with E-state index in [-0.39, 0.29) is 16.4 Å². The van der Waals surface area contributed by atoms with Crippen LogP contribution in [0.15, 0.2) is 53.6 Å². The monoisotopic (exact) mass is 494 g/mol. The summed E-state index contributed by atoms with van der Waals surface area (Å²) in [7, 11) is -3.78. The minimum atomic E-state index is -3.78. The van der Waals surface area contributed by atoms with Gasteiger partial charge in [-0.05, 0) is 61.7 Å². The van der Waals surface area contributed by atoms with Crippen LogP contribution >= 0.6 is 11.3 Å². The van der Waals surface area contributed by atoms with E-state index < -0.39 is 10.0 Å². The van der Waals surface area contributed by atoms with Crippen molar-refractivity contribution in [2.75, 3.05) is 4.72 Å². The van der Waals surface area contributed by atoms with Gasteiger partial charge >= 0.3 is 0 Å². The van der Waals surface area contributed by atoms with E-state index in [4.69, 9.17) is 10.1 Å². The van der Waals surface area contributed by atoms with Crippen LogP contribution in [-0.4, -0.2) is 23.2 Å². The Balaban J connectivity index is 1.42. The second kappa shape index (κ2) is 8.50. The molecule has 4 aromatic rings. The summed E-state index contributed by atoms with van der Waals surface area (Å²) in [4.78, 5) is 4.99. The predicted molar refractivity (Wildman–Crippen MR) is 139 cm³/mol. The number of hydrogen-bond donors (Lipinski definition) is 1. The van der Waals surface area contributed by atoms with Gasteiger partial charge in [-0.3, -0.25) is 9.40 Å². The molecule has 0 aliphatic heterocycles. The fourth-order valence-corrected chi connectivity index (χ4v) is 6.97. The number of benzene rings is 2. The second-order valence-corrected chi connectivity index (χ2v) is 12.9. The average molecular weight is 495 g/mol. The highest BCUT2D eigenvalue weighted by Gasteiger charge is 2.32. The van der Waals surface area contributed by atoms with Gasteiger partial charge in [0.1, 0.15) is 9.90 Å². The minimum Gasteiger partial charge on any atom is -0.280 e. The molecule has 2 aromatic carbocycles. The average Bonchev–Trinajstić information content (AvgIpc) is 3.51. The van der Waals surface area contributed by atoms with Crippen molar-refractivity contribution >= 4 is 37.3 Å². The van der Waals surface area contributed by atoms with Gasteiger partial charge in [0.15, 0.2) is 0 Å². The molecule has 1 N–H and O–H groups in total. The zero-order valence-corrected chi connectivity index (χ0v) is 21.6. The number of aromatic nitrogens is 3. The first kappa shape index (κ1) is 23.1. The second-order valence-electron chi connectivity index (χ2n) is 10.2. The van der Waals surface area contributed by atoms with Crippen LogP contribution in [0.25, 0.3) is 20.8 Å². The summed E-state index contributed by atoms with van der Waals surface area (Å²) in [5, 5.41) is 5.66. The first-order chi connectivity index (χ1) is 16.1. The molecule has 34 heavy (non-hydrogen) atoms. The van der Waals surface area contributed by atoms with Crippen LogP contribution in [0.2, 0.25) is 0 Å². The molecule has 1 aliphatic carbocycles. The minimum absolute atomic E-state index is 0.262. The molecule has 1 fully saturated rings. The summed E-state index contributed by atoms with van der Waals surface area (Å²) < 4.78 is 32.6. The summed E-state index contributed by atoms with van der Waals surface area (Å²) in [5.74, 6) is 0. The Bertz CT molecular complexity index is 1440. The van der Waals surface area contributed by atoms with E-state index in [0.717, 1.165) is 46.5 Å². The summed E-state index contributed by atoms with van der Waals surface area (Å²) in [6.45, 7) is 8.08. The van der Waals surface area contributed by atoms with Crippen molar-refractivity contribution in [3.8, 4) is 10.6 Å². The molecular weight excluding hydrogens is 464 g/mol. The molecule has 0 amide bonds. The largest absolute Gasteiger partial charge is 0.280 e. The van der Waals surface area contributed by atoms with Crippen LogP contribution in [0.3, 0.4) is 0 Å². The fraction of sp³-hybridized carbons (Fsp3) is 0.385. The molecule has 2 aromatic heterocycles. The maximum Gasteiger partial charge on any atom is 0.265 e. The Morgan fingerprint density at radius 2 is 1.76 bits per heavy atom. The van der Waals surface area contributed by atoms with Gasteiger partial charge in [-0.25, -0.2) is 13.4 Å². The van der Waals surface area contributed by atoms with Crippen LogP contribution in [0.5, 0.6) is 0 Å². The summed E-state index contributed by atoms with van der Waals surface area (Å²) in [5.41, 5.74) is 3.89. The number of nitrogens with one attached hydrogen (secondary N) is 1. The van der Waals surface area contributed by atoms with Crippen molar-refractivity contribution in [3.05, 3.63) is 59.9 Å². The van der Waals surface area contributed by atoms with Crippen LogP contribution in [0, 0.1) is 6.92 Å². The lowest BCUT2D eigenvalue weighted by Crippen LogP contribution is -2.20. The van der Waals surface area contributed by atoms with Gasteiger partial charge in [0.05, 0.1) is 22.0 Å². The number of anilines is 1. The third kappa shape index (κ3) is 4.49. The van der Waals surface area contributed by atoms with E-state index in [0.29, 0.717) is 11.4 Å². The molecule has 2 heterocycles. The van der Waals surface area contributed by atoms with Gasteiger partial charge in [-0.2, -0.15) is 5.10 Å². The van der Waals surface area contributed by atoms with Gasteiger partial charge in [0.2, 0.25) is 0 Å². The van der Waals surface area contributed by atoms with E-state index >= 15 is 0 Å². The molecular formula is C26H30N4O2S2. The van der Waals surface area contributed by atoms with Crippen LogP contribution in [0.4, 0.5) is 5.69 Å². The first-order valence-electron chi connectivity index (χ1n) is 11.7. The first-order valence-corrected chi connectivity index (χ1v) is 14.0. The van der Waals surface area contributed by atoms with Crippen LogP contribution < -0.4 is 4.72 Å². The number of fused-ring (bicyclic) bond motifs is 1.